The molecule has 1 aliphatic rings. The van der Waals surface area contributed by atoms with Gasteiger partial charge in [0, 0.05) is 10.0 Å². The molecule has 0 saturated carbocycles. The van der Waals surface area contributed by atoms with Gasteiger partial charge in [0.25, 0.3) is 11.1 Å². The fourth-order valence-corrected chi connectivity index (χ4v) is 4.21. The van der Waals surface area contributed by atoms with Crippen molar-refractivity contribution in [2.24, 2.45) is 0 Å². The number of ether oxygens (including phenoxy) is 1. The second kappa shape index (κ2) is 9.77. The van der Waals surface area contributed by atoms with E-state index in [4.69, 9.17) is 27.9 Å². The number of amides is 2. The average molecular weight is 488 g/mol. The van der Waals surface area contributed by atoms with Crippen LogP contribution in [0, 0.1) is 5.82 Å². The summed E-state index contributed by atoms with van der Waals surface area (Å²) in [6.45, 7) is 0.389. The van der Waals surface area contributed by atoms with E-state index in [0.717, 1.165) is 33.9 Å². The normalized spacial score (nSPS) is 15.0. The van der Waals surface area contributed by atoms with Crippen LogP contribution in [0.1, 0.15) is 16.7 Å². The van der Waals surface area contributed by atoms with Gasteiger partial charge in [0.1, 0.15) is 18.2 Å². The Balaban J connectivity index is 1.41. The molecule has 8 heteroatoms. The van der Waals surface area contributed by atoms with E-state index in [-0.39, 0.29) is 11.6 Å². The van der Waals surface area contributed by atoms with Crippen molar-refractivity contribution in [2.75, 3.05) is 0 Å². The molecule has 1 saturated heterocycles. The molecule has 162 valence electrons. The van der Waals surface area contributed by atoms with Gasteiger partial charge in [-0.2, -0.15) is 0 Å². The summed E-state index contributed by atoms with van der Waals surface area (Å²) in [6, 6.07) is 18.5. The highest BCUT2D eigenvalue weighted by Crippen LogP contribution is 2.34. The molecule has 32 heavy (non-hydrogen) atoms. The molecule has 1 heterocycles. The molecule has 0 spiro atoms. The zero-order valence-corrected chi connectivity index (χ0v) is 18.9. The third-order valence-electron chi connectivity index (χ3n) is 4.71. The molecule has 4 nitrogen and oxygen atoms in total. The monoisotopic (exact) mass is 487 g/mol. The Hall–Kier alpha value is -2.80. The highest BCUT2D eigenvalue weighted by Gasteiger charge is 2.35. The summed E-state index contributed by atoms with van der Waals surface area (Å²) in [5, 5.41) is 0.440. The second-order valence-electron chi connectivity index (χ2n) is 6.99. The Morgan fingerprint density at radius 1 is 0.969 bits per heavy atom. The largest absolute Gasteiger partial charge is 0.489 e. The number of carbonyl (C=O) groups is 2. The highest BCUT2D eigenvalue weighted by molar-refractivity contribution is 8.18. The Morgan fingerprint density at radius 2 is 1.69 bits per heavy atom. The molecule has 1 aliphatic heterocycles. The molecular weight excluding hydrogens is 472 g/mol. The summed E-state index contributed by atoms with van der Waals surface area (Å²) in [5.41, 5.74) is 2.25. The molecule has 0 N–H and O–H groups in total. The number of benzene rings is 3. The van der Waals surface area contributed by atoms with Crippen LogP contribution in [-0.4, -0.2) is 16.0 Å². The van der Waals surface area contributed by atoms with Gasteiger partial charge in [-0.3, -0.25) is 14.5 Å². The minimum Gasteiger partial charge on any atom is -0.489 e. The first kappa shape index (κ1) is 22.4. The number of carbonyl (C=O) groups excluding carboxylic acids is 2. The van der Waals surface area contributed by atoms with Crippen molar-refractivity contribution in [3.63, 3.8) is 0 Å². The molecule has 4 rings (SSSR count). The van der Waals surface area contributed by atoms with Crippen LogP contribution in [0.5, 0.6) is 5.75 Å². The predicted octanol–water partition coefficient (Wildman–Crippen LogP) is 6.95. The van der Waals surface area contributed by atoms with Crippen LogP contribution in [0.4, 0.5) is 9.18 Å². The van der Waals surface area contributed by atoms with E-state index in [1.165, 1.54) is 12.1 Å². The summed E-state index contributed by atoms with van der Waals surface area (Å²) in [4.78, 5) is 26.5. The second-order valence-corrected chi connectivity index (χ2v) is 8.82. The van der Waals surface area contributed by atoms with E-state index in [1.807, 2.05) is 24.3 Å². The summed E-state index contributed by atoms with van der Waals surface area (Å²) >= 11 is 12.8. The number of hydrogen-bond donors (Lipinski definition) is 0. The molecule has 3 aromatic carbocycles. The van der Waals surface area contributed by atoms with Crippen molar-refractivity contribution < 1.29 is 18.7 Å². The van der Waals surface area contributed by atoms with Crippen molar-refractivity contribution >= 4 is 52.2 Å². The van der Waals surface area contributed by atoms with Gasteiger partial charge in [-0.25, -0.2) is 4.39 Å². The third kappa shape index (κ3) is 5.33. The number of imide groups is 1. The first-order valence-electron chi connectivity index (χ1n) is 9.55. The van der Waals surface area contributed by atoms with Gasteiger partial charge in [0.05, 0.1) is 11.4 Å². The Kier molecular flexibility index (Phi) is 6.84. The lowest BCUT2D eigenvalue weighted by Crippen LogP contribution is -2.27. The molecule has 0 bridgehead atoms. The van der Waals surface area contributed by atoms with Crippen LogP contribution in [0.25, 0.3) is 6.08 Å². The fraction of sp³-hybridized carbons (Fsp3) is 0.0833. The van der Waals surface area contributed by atoms with Crippen molar-refractivity contribution in [1.82, 2.24) is 4.90 Å². The molecule has 0 atom stereocenters. The van der Waals surface area contributed by atoms with Crippen LogP contribution in [0.2, 0.25) is 10.0 Å². The van der Waals surface area contributed by atoms with Crippen molar-refractivity contribution in [3.8, 4) is 5.75 Å². The number of nitrogens with zero attached hydrogens (tertiary/aromatic N) is 1. The third-order valence-corrected chi connectivity index (χ3v) is 6.22. The smallest absolute Gasteiger partial charge is 0.293 e. The molecule has 0 aliphatic carbocycles. The molecule has 0 unspecified atom stereocenters. The summed E-state index contributed by atoms with van der Waals surface area (Å²) in [6.07, 6.45) is 1.65. The van der Waals surface area contributed by atoms with Gasteiger partial charge in [-0.15, -0.1) is 0 Å². The van der Waals surface area contributed by atoms with Crippen LogP contribution >= 0.6 is 35.0 Å². The van der Waals surface area contributed by atoms with Gasteiger partial charge >= 0.3 is 0 Å². The number of rotatable bonds is 6. The van der Waals surface area contributed by atoms with Crippen molar-refractivity contribution in [3.05, 3.63) is 104 Å². The Labute approximate surface area is 198 Å². The highest BCUT2D eigenvalue weighted by atomic mass is 35.5. The maximum atomic E-state index is 13.2. The van der Waals surface area contributed by atoms with Crippen molar-refractivity contribution in [2.45, 2.75) is 13.2 Å². The zero-order valence-electron chi connectivity index (χ0n) is 16.6. The van der Waals surface area contributed by atoms with Crippen LogP contribution < -0.4 is 4.74 Å². The van der Waals surface area contributed by atoms with E-state index in [0.29, 0.717) is 27.8 Å². The lowest BCUT2D eigenvalue weighted by Gasteiger charge is -2.13. The van der Waals surface area contributed by atoms with E-state index in [2.05, 4.69) is 0 Å². The van der Waals surface area contributed by atoms with Crippen molar-refractivity contribution in [1.29, 1.82) is 0 Å². The lowest BCUT2D eigenvalue weighted by atomic mass is 10.2. The molecule has 3 aromatic rings. The quantitative estimate of drug-likeness (QED) is 0.353. The topological polar surface area (TPSA) is 46.6 Å². The van der Waals surface area contributed by atoms with E-state index >= 15 is 0 Å². The van der Waals surface area contributed by atoms with Gasteiger partial charge in [0.15, 0.2) is 0 Å². The van der Waals surface area contributed by atoms with Gasteiger partial charge in [-0.1, -0.05) is 53.5 Å². The fourth-order valence-electron chi connectivity index (χ4n) is 3.02. The van der Waals surface area contributed by atoms with E-state index in [1.54, 1.807) is 30.3 Å². The molecule has 1 fully saturated rings. The molecule has 2 amide bonds. The van der Waals surface area contributed by atoms with Crippen LogP contribution in [-0.2, 0) is 17.9 Å². The van der Waals surface area contributed by atoms with Crippen LogP contribution in [0.15, 0.2) is 71.6 Å². The summed E-state index contributed by atoms with van der Waals surface area (Å²) < 4.78 is 19.0. The summed E-state index contributed by atoms with van der Waals surface area (Å²) in [7, 11) is 0. The molecular formula is C24H16Cl2FNO3S. The number of thioether (sulfide) groups is 1. The SMILES string of the molecule is O=C1S/C(=C\c2ccc(OCc3ccc(Cl)cc3)cc2)C(=O)N1Cc1ccc(F)cc1Cl. The van der Waals surface area contributed by atoms with Gasteiger partial charge in [0.2, 0.25) is 0 Å². The average Bonchev–Trinajstić information content (AvgIpc) is 3.03. The predicted molar refractivity (Wildman–Crippen MR) is 125 cm³/mol. The number of halogens is 3. The Morgan fingerprint density at radius 3 is 2.38 bits per heavy atom. The maximum absolute atomic E-state index is 13.2. The molecule has 0 radical (unpaired) electrons. The minimum atomic E-state index is -0.478. The van der Waals surface area contributed by atoms with Gasteiger partial charge < -0.3 is 4.74 Å². The van der Waals surface area contributed by atoms with E-state index in [9.17, 15) is 14.0 Å². The standard InChI is InChI=1S/C24H16Cl2FNO3S/c25-18-6-1-16(2-7-18)14-31-20-9-3-15(4-10-20)11-22-23(29)28(24(30)32-22)13-17-5-8-19(27)12-21(17)26/h1-12H,13-14H2/b22-11-. The lowest BCUT2D eigenvalue weighted by molar-refractivity contribution is -0.123. The maximum Gasteiger partial charge on any atom is 0.293 e. The van der Waals surface area contributed by atoms with Gasteiger partial charge in [-0.05, 0) is 70.9 Å². The Bertz CT molecular complexity index is 1200. The molecule has 0 aromatic heterocycles. The first-order chi connectivity index (χ1) is 15.4. The summed E-state index contributed by atoms with van der Waals surface area (Å²) in [5.74, 6) is -0.215. The zero-order chi connectivity index (χ0) is 22.7. The van der Waals surface area contributed by atoms with Crippen LogP contribution in [0.3, 0.4) is 0 Å². The van der Waals surface area contributed by atoms with E-state index < -0.39 is 17.0 Å². The number of hydrogen-bond acceptors (Lipinski definition) is 4. The minimum absolute atomic E-state index is 0.0153. The first-order valence-corrected chi connectivity index (χ1v) is 11.1.